The van der Waals surface area contributed by atoms with E-state index in [4.69, 9.17) is 10.5 Å². The Hall–Kier alpha value is -2.04. The van der Waals surface area contributed by atoms with Crippen molar-refractivity contribution in [1.82, 2.24) is 4.90 Å². The number of esters is 1. The Morgan fingerprint density at radius 1 is 1.15 bits per heavy atom. The number of ether oxygens (including phenoxy) is 1. The summed E-state index contributed by atoms with van der Waals surface area (Å²) >= 11 is 0. The third-order valence-corrected chi connectivity index (χ3v) is 2.05. The molecule has 0 bridgehead atoms. The van der Waals surface area contributed by atoms with E-state index >= 15 is 0 Å². The molecule has 0 aliphatic carbocycles. The molecular weight excluding hydrogens is 256 g/mol. The van der Waals surface area contributed by atoms with Crippen LogP contribution < -0.4 is 5.73 Å². The van der Waals surface area contributed by atoms with Crippen molar-refractivity contribution in [3.63, 3.8) is 0 Å². The molecule has 0 fully saturated rings. The minimum Gasteiger partial charge on any atom is -0.460 e. The molecular formula is C15H24N2O3. The van der Waals surface area contributed by atoms with Crippen LogP contribution >= 0.6 is 0 Å². The SMILES string of the molecule is CC(C)(C)OC(=O)Cc1ccccc1.CN(C)C(N)=O. The first kappa shape index (κ1) is 18.0. The van der Waals surface area contributed by atoms with Gasteiger partial charge in [0.2, 0.25) is 0 Å². The number of carbonyl (C=O) groups is 2. The number of urea groups is 1. The van der Waals surface area contributed by atoms with Crippen LogP contribution in [0.4, 0.5) is 4.79 Å². The van der Waals surface area contributed by atoms with Crippen molar-refractivity contribution in [3.8, 4) is 0 Å². The summed E-state index contributed by atoms with van der Waals surface area (Å²) in [7, 11) is 3.20. The summed E-state index contributed by atoms with van der Waals surface area (Å²) < 4.78 is 5.20. The van der Waals surface area contributed by atoms with Crippen LogP contribution in [-0.4, -0.2) is 36.6 Å². The van der Waals surface area contributed by atoms with Gasteiger partial charge in [-0.15, -0.1) is 0 Å². The van der Waals surface area contributed by atoms with Gasteiger partial charge in [-0.2, -0.15) is 0 Å². The van der Waals surface area contributed by atoms with Crippen molar-refractivity contribution < 1.29 is 14.3 Å². The normalized spacial score (nSPS) is 10.1. The van der Waals surface area contributed by atoms with E-state index in [1.165, 1.54) is 4.90 Å². The molecule has 0 aliphatic heterocycles. The average Bonchev–Trinajstić information content (AvgIpc) is 2.28. The second kappa shape index (κ2) is 8.19. The second-order valence-electron chi connectivity index (χ2n) is 5.48. The number of primary amides is 1. The molecule has 0 saturated heterocycles. The van der Waals surface area contributed by atoms with E-state index in [0.29, 0.717) is 6.42 Å². The molecule has 2 amide bonds. The zero-order chi connectivity index (χ0) is 15.8. The molecule has 1 aromatic rings. The first-order chi connectivity index (χ1) is 9.11. The highest BCUT2D eigenvalue weighted by Gasteiger charge is 2.15. The molecule has 0 spiro atoms. The number of rotatable bonds is 2. The molecule has 0 heterocycles. The number of nitrogens with two attached hydrogens (primary N) is 1. The number of nitrogens with zero attached hydrogens (tertiary/aromatic N) is 1. The summed E-state index contributed by atoms with van der Waals surface area (Å²) in [6.45, 7) is 5.61. The molecule has 1 aromatic carbocycles. The molecule has 2 N–H and O–H groups in total. The van der Waals surface area contributed by atoms with Crippen LogP contribution in [0.25, 0.3) is 0 Å². The van der Waals surface area contributed by atoms with Gasteiger partial charge in [0.05, 0.1) is 6.42 Å². The number of amides is 2. The first-order valence-corrected chi connectivity index (χ1v) is 6.34. The zero-order valence-electron chi connectivity index (χ0n) is 12.8. The van der Waals surface area contributed by atoms with Crippen LogP contribution in [0.15, 0.2) is 30.3 Å². The van der Waals surface area contributed by atoms with Crippen molar-refractivity contribution in [3.05, 3.63) is 35.9 Å². The minimum absolute atomic E-state index is 0.177. The number of benzene rings is 1. The predicted molar refractivity (Wildman–Crippen MR) is 79.3 cm³/mol. The zero-order valence-corrected chi connectivity index (χ0v) is 12.8. The Morgan fingerprint density at radius 3 is 1.95 bits per heavy atom. The van der Waals surface area contributed by atoms with E-state index in [2.05, 4.69) is 0 Å². The average molecular weight is 280 g/mol. The standard InChI is InChI=1S/C12H16O2.C3H8N2O/c1-12(2,3)14-11(13)9-10-7-5-4-6-8-10;1-5(2)3(4)6/h4-8H,9H2,1-3H3;1-2H3,(H2,4,6). The van der Waals surface area contributed by atoms with E-state index in [-0.39, 0.29) is 5.97 Å². The van der Waals surface area contributed by atoms with Crippen LogP contribution in [0.1, 0.15) is 26.3 Å². The molecule has 0 unspecified atom stereocenters. The van der Waals surface area contributed by atoms with Gasteiger partial charge in [0, 0.05) is 14.1 Å². The van der Waals surface area contributed by atoms with Gasteiger partial charge >= 0.3 is 12.0 Å². The third-order valence-electron chi connectivity index (χ3n) is 2.05. The topological polar surface area (TPSA) is 72.6 Å². The van der Waals surface area contributed by atoms with E-state index in [1.54, 1.807) is 14.1 Å². The highest BCUT2D eigenvalue weighted by molar-refractivity contribution is 5.73. The van der Waals surface area contributed by atoms with Crippen LogP contribution in [0.3, 0.4) is 0 Å². The van der Waals surface area contributed by atoms with Gasteiger partial charge in [-0.1, -0.05) is 30.3 Å². The van der Waals surface area contributed by atoms with Gasteiger partial charge in [-0.25, -0.2) is 4.79 Å². The summed E-state index contributed by atoms with van der Waals surface area (Å²) in [5, 5.41) is 0. The maximum absolute atomic E-state index is 11.4. The van der Waals surface area contributed by atoms with Gasteiger partial charge in [-0.3, -0.25) is 4.79 Å². The van der Waals surface area contributed by atoms with Crippen molar-refractivity contribution in [1.29, 1.82) is 0 Å². The Labute approximate surface area is 120 Å². The molecule has 0 aliphatic rings. The fraction of sp³-hybridized carbons (Fsp3) is 0.467. The van der Waals surface area contributed by atoms with E-state index < -0.39 is 11.6 Å². The molecule has 0 atom stereocenters. The lowest BCUT2D eigenvalue weighted by Gasteiger charge is -2.19. The molecule has 0 radical (unpaired) electrons. The summed E-state index contributed by atoms with van der Waals surface area (Å²) in [5.41, 5.74) is 5.31. The second-order valence-corrected chi connectivity index (χ2v) is 5.48. The van der Waals surface area contributed by atoms with E-state index in [1.807, 2.05) is 51.1 Å². The lowest BCUT2D eigenvalue weighted by Crippen LogP contribution is -2.27. The summed E-state index contributed by atoms with van der Waals surface area (Å²) in [5.74, 6) is -0.177. The van der Waals surface area contributed by atoms with Crippen LogP contribution in [-0.2, 0) is 16.0 Å². The summed E-state index contributed by atoms with van der Waals surface area (Å²) in [4.78, 5) is 22.6. The Bertz CT molecular complexity index is 422. The highest BCUT2D eigenvalue weighted by Crippen LogP contribution is 2.09. The molecule has 0 saturated carbocycles. The molecule has 0 aromatic heterocycles. The summed E-state index contributed by atoms with van der Waals surface area (Å²) in [6, 6.07) is 9.20. The summed E-state index contributed by atoms with van der Waals surface area (Å²) in [6.07, 6.45) is 0.345. The molecule has 1 rings (SSSR count). The van der Waals surface area contributed by atoms with Gasteiger partial charge < -0.3 is 15.4 Å². The monoisotopic (exact) mass is 280 g/mol. The fourth-order valence-electron chi connectivity index (χ4n) is 1.14. The van der Waals surface area contributed by atoms with Gasteiger partial charge in [0.25, 0.3) is 0 Å². The van der Waals surface area contributed by atoms with Crippen molar-refractivity contribution in [2.24, 2.45) is 5.73 Å². The van der Waals surface area contributed by atoms with Gasteiger partial charge in [0.1, 0.15) is 5.60 Å². The minimum atomic E-state index is -0.407. The van der Waals surface area contributed by atoms with Gasteiger partial charge in [-0.05, 0) is 26.3 Å². The molecule has 5 nitrogen and oxygen atoms in total. The first-order valence-electron chi connectivity index (χ1n) is 6.34. The Morgan fingerprint density at radius 2 is 1.60 bits per heavy atom. The maximum Gasteiger partial charge on any atom is 0.314 e. The Kier molecular flexibility index (Phi) is 7.36. The smallest absolute Gasteiger partial charge is 0.314 e. The van der Waals surface area contributed by atoms with Crippen molar-refractivity contribution >= 4 is 12.0 Å². The van der Waals surface area contributed by atoms with Crippen LogP contribution in [0, 0.1) is 0 Å². The molecule has 20 heavy (non-hydrogen) atoms. The van der Waals surface area contributed by atoms with Gasteiger partial charge in [0.15, 0.2) is 0 Å². The molecule has 5 heteroatoms. The van der Waals surface area contributed by atoms with E-state index in [0.717, 1.165) is 5.56 Å². The lowest BCUT2D eigenvalue weighted by atomic mass is 10.1. The van der Waals surface area contributed by atoms with Crippen LogP contribution in [0.5, 0.6) is 0 Å². The largest absolute Gasteiger partial charge is 0.460 e. The third kappa shape index (κ3) is 9.94. The fourth-order valence-corrected chi connectivity index (χ4v) is 1.14. The number of carbonyl (C=O) groups excluding carboxylic acids is 2. The Balaban J connectivity index is 0.000000511. The molecule has 112 valence electrons. The predicted octanol–water partition coefficient (Wildman–Crippen LogP) is 2.20. The van der Waals surface area contributed by atoms with Crippen molar-refractivity contribution in [2.75, 3.05) is 14.1 Å². The maximum atomic E-state index is 11.4. The highest BCUT2D eigenvalue weighted by atomic mass is 16.6. The van der Waals surface area contributed by atoms with Crippen LogP contribution in [0.2, 0.25) is 0 Å². The number of hydrogen-bond acceptors (Lipinski definition) is 3. The quantitative estimate of drug-likeness (QED) is 0.844. The van der Waals surface area contributed by atoms with E-state index in [9.17, 15) is 9.59 Å². The lowest BCUT2D eigenvalue weighted by molar-refractivity contribution is -0.153. The van der Waals surface area contributed by atoms with Crippen molar-refractivity contribution in [2.45, 2.75) is 32.8 Å². The number of hydrogen-bond donors (Lipinski definition) is 1.